The Morgan fingerprint density at radius 3 is 2.65 bits per heavy atom. The normalized spacial score (nSPS) is 13.3. The first-order valence-corrected chi connectivity index (χ1v) is 6.26. The zero-order valence-electron chi connectivity index (χ0n) is 11.8. The van der Waals surface area contributed by atoms with Crippen LogP contribution in [0.2, 0.25) is 0 Å². The number of hydrogen-bond acceptors (Lipinski definition) is 5. The molecule has 1 atom stereocenters. The average Bonchev–Trinajstić information content (AvgIpc) is 2.49. The number of nitrogens with one attached hydrogen (secondary N) is 1. The molecule has 0 aliphatic heterocycles. The Hall–Kier alpha value is -2.43. The van der Waals surface area contributed by atoms with Crippen LogP contribution < -0.4 is 5.32 Å². The molecule has 0 saturated heterocycles. The molecule has 20 heavy (non-hydrogen) atoms. The Morgan fingerprint density at radius 2 is 2.05 bits per heavy atom. The van der Waals surface area contributed by atoms with Gasteiger partial charge in [-0.15, -0.1) is 0 Å². The van der Waals surface area contributed by atoms with Crippen molar-refractivity contribution < 1.29 is 9.53 Å². The third-order valence-corrected chi connectivity index (χ3v) is 3.20. The van der Waals surface area contributed by atoms with E-state index in [-0.39, 0.29) is 0 Å². The van der Waals surface area contributed by atoms with E-state index in [4.69, 9.17) is 4.74 Å². The molecule has 2 aromatic rings. The van der Waals surface area contributed by atoms with Crippen molar-refractivity contribution in [1.82, 2.24) is 9.97 Å². The second kappa shape index (κ2) is 5.69. The van der Waals surface area contributed by atoms with Crippen LogP contribution >= 0.6 is 0 Å². The van der Waals surface area contributed by atoms with E-state index in [1.165, 1.54) is 7.11 Å². The van der Waals surface area contributed by atoms with Crippen molar-refractivity contribution in [1.29, 1.82) is 0 Å². The van der Waals surface area contributed by atoms with E-state index in [2.05, 4.69) is 15.3 Å². The molecular weight excluding hydrogens is 254 g/mol. The number of carbonyl (C=O) groups excluding carboxylic acids is 1. The zero-order valence-corrected chi connectivity index (χ0v) is 11.8. The highest BCUT2D eigenvalue weighted by Crippen LogP contribution is 2.27. The smallest absolute Gasteiger partial charge is 0.337 e. The summed E-state index contributed by atoms with van der Waals surface area (Å²) in [6.07, 6.45) is 4.67. The molecule has 0 fully saturated rings. The molecule has 0 aliphatic rings. The molecule has 1 N–H and O–H groups in total. The summed E-state index contributed by atoms with van der Waals surface area (Å²) in [4.78, 5) is 20.4. The van der Waals surface area contributed by atoms with Gasteiger partial charge in [0, 0.05) is 18.1 Å². The Labute approximate surface area is 118 Å². The van der Waals surface area contributed by atoms with Crippen molar-refractivity contribution in [3.63, 3.8) is 0 Å². The van der Waals surface area contributed by atoms with E-state index >= 15 is 0 Å². The molecule has 1 aromatic heterocycles. The fraction of sp³-hybridized carbons (Fsp3) is 0.267. The molecule has 0 bridgehead atoms. The summed E-state index contributed by atoms with van der Waals surface area (Å²) in [6, 6.07) is 7.73. The molecule has 2 rings (SSSR count). The van der Waals surface area contributed by atoms with Gasteiger partial charge in [0.25, 0.3) is 0 Å². The Balaban J connectivity index is 2.44. The first-order chi connectivity index (χ1) is 9.58. The summed E-state index contributed by atoms with van der Waals surface area (Å²) in [7, 11) is 1.36. The van der Waals surface area contributed by atoms with Crippen molar-refractivity contribution in [2.24, 2.45) is 0 Å². The van der Waals surface area contributed by atoms with E-state index in [1.54, 1.807) is 25.5 Å². The van der Waals surface area contributed by atoms with Crippen molar-refractivity contribution in [3.05, 3.63) is 54.1 Å². The predicted octanol–water partition coefficient (Wildman–Crippen LogP) is 2.29. The second-order valence-electron chi connectivity index (χ2n) is 4.65. The van der Waals surface area contributed by atoms with Gasteiger partial charge in [0.2, 0.25) is 0 Å². The van der Waals surface area contributed by atoms with Crippen LogP contribution in [-0.4, -0.2) is 23.0 Å². The molecule has 104 valence electrons. The maximum Gasteiger partial charge on any atom is 0.337 e. The monoisotopic (exact) mass is 271 g/mol. The number of ether oxygens (including phenoxy) is 1. The first kappa shape index (κ1) is 14.0. The number of anilines is 1. The minimum atomic E-state index is -1.09. The highest BCUT2D eigenvalue weighted by atomic mass is 16.5. The van der Waals surface area contributed by atoms with Crippen molar-refractivity contribution in [3.8, 4) is 0 Å². The summed E-state index contributed by atoms with van der Waals surface area (Å²) in [6.45, 7) is 3.70. The second-order valence-corrected chi connectivity index (χ2v) is 4.65. The van der Waals surface area contributed by atoms with Gasteiger partial charge in [0.1, 0.15) is 0 Å². The lowest BCUT2D eigenvalue weighted by Gasteiger charge is -2.28. The largest absolute Gasteiger partial charge is 0.467 e. The van der Waals surface area contributed by atoms with Gasteiger partial charge in [-0.25, -0.2) is 4.79 Å². The van der Waals surface area contributed by atoms with E-state index in [0.29, 0.717) is 5.69 Å². The molecule has 0 aliphatic carbocycles. The highest BCUT2D eigenvalue weighted by molar-refractivity contribution is 5.85. The number of aromatic nitrogens is 2. The van der Waals surface area contributed by atoms with Crippen LogP contribution in [0.1, 0.15) is 18.2 Å². The zero-order chi connectivity index (χ0) is 14.6. The third kappa shape index (κ3) is 2.61. The van der Waals surface area contributed by atoms with Crippen LogP contribution in [0.3, 0.4) is 0 Å². The molecule has 0 saturated carbocycles. The molecule has 0 spiro atoms. The van der Waals surface area contributed by atoms with Crippen LogP contribution in [0.25, 0.3) is 0 Å². The number of aryl methyl sites for hydroxylation is 1. The van der Waals surface area contributed by atoms with Gasteiger partial charge in [0.05, 0.1) is 19.0 Å². The lowest BCUT2D eigenvalue weighted by atomic mass is 9.97. The molecule has 1 unspecified atom stereocenters. The maximum absolute atomic E-state index is 12.2. The number of methoxy groups -OCH3 is 1. The number of carbonyl (C=O) groups is 1. The van der Waals surface area contributed by atoms with Crippen LogP contribution in [-0.2, 0) is 15.1 Å². The van der Waals surface area contributed by atoms with Gasteiger partial charge in [-0.3, -0.25) is 9.97 Å². The Bertz CT molecular complexity index is 601. The van der Waals surface area contributed by atoms with Gasteiger partial charge in [-0.1, -0.05) is 18.2 Å². The Morgan fingerprint density at radius 1 is 1.30 bits per heavy atom. The lowest BCUT2D eigenvalue weighted by Crippen LogP contribution is -2.42. The number of para-hydroxylation sites is 1. The summed E-state index contributed by atoms with van der Waals surface area (Å²) < 4.78 is 4.91. The summed E-state index contributed by atoms with van der Waals surface area (Å²) in [5.41, 5.74) is 1.31. The van der Waals surface area contributed by atoms with E-state index < -0.39 is 11.5 Å². The molecule has 5 heteroatoms. The minimum Gasteiger partial charge on any atom is -0.467 e. The predicted molar refractivity (Wildman–Crippen MR) is 76.2 cm³/mol. The molecule has 0 amide bonds. The van der Waals surface area contributed by atoms with Crippen LogP contribution in [0, 0.1) is 6.92 Å². The van der Waals surface area contributed by atoms with Crippen LogP contribution in [0.5, 0.6) is 0 Å². The number of esters is 1. The van der Waals surface area contributed by atoms with Gasteiger partial charge < -0.3 is 10.1 Å². The van der Waals surface area contributed by atoms with Gasteiger partial charge in [-0.2, -0.15) is 0 Å². The minimum absolute atomic E-state index is 0.416. The van der Waals surface area contributed by atoms with Crippen molar-refractivity contribution >= 4 is 11.7 Å². The average molecular weight is 271 g/mol. The first-order valence-electron chi connectivity index (χ1n) is 6.26. The highest BCUT2D eigenvalue weighted by Gasteiger charge is 2.38. The number of rotatable bonds is 4. The van der Waals surface area contributed by atoms with Gasteiger partial charge >= 0.3 is 5.97 Å². The summed E-state index contributed by atoms with van der Waals surface area (Å²) in [5.74, 6) is -0.416. The topological polar surface area (TPSA) is 64.1 Å². The molecule has 1 heterocycles. The SMILES string of the molecule is COC(=O)C(C)(Nc1ccccc1C)c1cnccn1. The van der Waals surface area contributed by atoms with E-state index in [0.717, 1.165) is 11.3 Å². The van der Waals surface area contributed by atoms with Crippen molar-refractivity contribution in [2.45, 2.75) is 19.4 Å². The standard InChI is InChI=1S/C15H17N3O2/c1-11-6-4-5-7-12(11)18-15(2,14(19)20-3)13-10-16-8-9-17-13/h4-10,18H,1-3H3. The summed E-state index contributed by atoms with van der Waals surface area (Å²) in [5, 5.41) is 3.21. The third-order valence-electron chi connectivity index (χ3n) is 3.20. The Kier molecular flexibility index (Phi) is 3.98. The lowest BCUT2D eigenvalue weighted by molar-refractivity contribution is -0.145. The fourth-order valence-corrected chi connectivity index (χ4v) is 1.96. The number of nitrogens with zero attached hydrogens (tertiary/aromatic N) is 2. The van der Waals surface area contributed by atoms with Crippen LogP contribution in [0.15, 0.2) is 42.9 Å². The number of benzene rings is 1. The quantitative estimate of drug-likeness (QED) is 0.864. The van der Waals surface area contributed by atoms with Gasteiger partial charge in [0.15, 0.2) is 5.54 Å². The van der Waals surface area contributed by atoms with Crippen LogP contribution in [0.4, 0.5) is 5.69 Å². The maximum atomic E-state index is 12.2. The molecule has 1 aromatic carbocycles. The van der Waals surface area contributed by atoms with E-state index in [9.17, 15) is 4.79 Å². The van der Waals surface area contributed by atoms with Crippen molar-refractivity contribution in [2.75, 3.05) is 12.4 Å². The van der Waals surface area contributed by atoms with E-state index in [1.807, 2.05) is 31.2 Å². The van der Waals surface area contributed by atoms with Gasteiger partial charge in [-0.05, 0) is 25.5 Å². The molecular formula is C15H17N3O2. The fourth-order valence-electron chi connectivity index (χ4n) is 1.96. The molecule has 5 nitrogen and oxygen atoms in total. The molecule has 0 radical (unpaired) electrons. The summed E-state index contributed by atoms with van der Waals surface area (Å²) >= 11 is 0. The number of hydrogen-bond donors (Lipinski definition) is 1.